The van der Waals surface area contributed by atoms with Crippen LogP contribution in [0.25, 0.3) is 0 Å². The smallest absolute Gasteiger partial charge is 0.264 e. The molecule has 4 rings (SSSR count). The van der Waals surface area contributed by atoms with Crippen LogP contribution in [-0.2, 0) is 26.2 Å². The average Bonchev–Trinajstić information content (AvgIpc) is 3.03. The Bertz CT molecular complexity index is 1440. The van der Waals surface area contributed by atoms with Crippen LogP contribution in [0.15, 0.2) is 83.8 Å². The summed E-state index contributed by atoms with van der Waals surface area (Å²) in [6.07, 6.45) is 5.08. The average molecular weight is 594 g/mol. The van der Waals surface area contributed by atoms with Gasteiger partial charge in [0.15, 0.2) is 0 Å². The molecule has 0 bridgehead atoms. The van der Waals surface area contributed by atoms with Gasteiger partial charge in [-0.1, -0.05) is 55.7 Å². The van der Waals surface area contributed by atoms with Crippen molar-refractivity contribution in [3.8, 4) is 11.5 Å². The van der Waals surface area contributed by atoms with Crippen molar-refractivity contribution >= 4 is 27.5 Å². The van der Waals surface area contributed by atoms with Crippen LogP contribution in [0.1, 0.15) is 44.6 Å². The summed E-state index contributed by atoms with van der Waals surface area (Å²) in [6.45, 7) is 1.28. The first-order valence-corrected chi connectivity index (χ1v) is 15.6. The van der Waals surface area contributed by atoms with Crippen molar-refractivity contribution in [1.29, 1.82) is 0 Å². The highest BCUT2D eigenvalue weighted by Gasteiger charge is 2.33. The third kappa shape index (κ3) is 7.61. The van der Waals surface area contributed by atoms with Crippen LogP contribution in [0, 0.1) is 0 Å². The zero-order valence-corrected chi connectivity index (χ0v) is 25.2. The molecule has 0 unspecified atom stereocenters. The van der Waals surface area contributed by atoms with Gasteiger partial charge in [-0.2, -0.15) is 0 Å². The minimum atomic E-state index is -4.14. The molecule has 3 aromatic carbocycles. The van der Waals surface area contributed by atoms with E-state index in [4.69, 9.17) is 9.47 Å². The summed E-state index contributed by atoms with van der Waals surface area (Å²) >= 11 is 0. The molecule has 0 radical (unpaired) electrons. The molecule has 2 amide bonds. The van der Waals surface area contributed by atoms with E-state index in [-0.39, 0.29) is 29.1 Å². The maximum absolute atomic E-state index is 14.1. The normalized spacial score (nSPS) is 14.5. The molecule has 9 nitrogen and oxygen atoms in total. The van der Waals surface area contributed by atoms with Crippen LogP contribution in [-0.4, -0.2) is 58.0 Å². The molecular formula is C32H39N3O6S. The molecule has 0 spiro atoms. The Kier molecular flexibility index (Phi) is 10.5. The van der Waals surface area contributed by atoms with E-state index in [9.17, 15) is 18.0 Å². The lowest BCUT2D eigenvalue weighted by Crippen LogP contribution is -2.53. The van der Waals surface area contributed by atoms with Crippen molar-refractivity contribution < 1.29 is 27.5 Å². The number of ether oxygens (including phenoxy) is 2. The second-order valence-electron chi connectivity index (χ2n) is 10.4. The van der Waals surface area contributed by atoms with Crippen molar-refractivity contribution in [2.24, 2.45) is 0 Å². The minimum absolute atomic E-state index is 0.0467. The van der Waals surface area contributed by atoms with Gasteiger partial charge in [0, 0.05) is 18.7 Å². The molecular weight excluding hydrogens is 554 g/mol. The van der Waals surface area contributed by atoms with Crippen molar-refractivity contribution in [2.75, 3.05) is 25.1 Å². The van der Waals surface area contributed by atoms with E-state index in [1.54, 1.807) is 68.6 Å². The summed E-state index contributed by atoms with van der Waals surface area (Å²) < 4.78 is 39.5. The molecule has 1 fully saturated rings. The van der Waals surface area contributed by atoms with Gasteiger partial charge in [0.05, 0.1) is 24.8 Å². The maximum Gasteiger partial charge on any atom is 0.264 e. The molecule has 0 aromatic heterocycles. The Morgan fingerprint density at radius 1 is 0.881 bits per heavy atom. The second-order valence-corrected chi connectivity index (χ2v) is 12.3. The van der Waals surface area contributed by atoms with Gasteiger partial charge >= 0.3 is 0 Å². The van der Waals surface area contributed by atoms with Crippen molar-refractivity contribution in [3.05, 3.63) is 84.4 Å². The number of hydrogen-bond acceptors (Lipinski definition) is 6. The Morgan fingerprint density at radius 3 is 2.19 bits per heavy atom. The number of benzene rings is 3. The molecule has 1 aliphatic carbocycles. The fourth-order valence-corrected chi connectivity index (χ4v) is 6.52. The lowest BCUT2D eigenvalue weighted by molar-refractivity contribution is -0.139. The van der Waals surface area contributed by atoms with Crippen LogP contribution < -0.4 is 19.1 Å². The van der Waals surface area contributed by atoms with Crippen LogP contribution in [0.4, 0.5) is 5.69 Å². The molecule has 224 valence electrons. The van der Waals surface area contributed by atoms with E-state index in [2.05, 4.69) is 5.32 Å². The fourth-order valence-electron chi connectivity index (χ4n) is 5.09. The van der Waals surface area contributed by atoms with Gasteiger partial charge in [0.25, 0.3) is 10.0 Å². The lowest BCUT2D eigenvalue weighted by Gasteiger charge is -2.33. The van der Waals surface area contributed by atoms with Crippen molar-refractivity contribution in [1.82, 2.24) is 10.2 Å². The van der Waals surface area contributed by atoms with Gasteiger partial charge in [0.2, 0.25) is 11.8 Å². The molecule has 42 heavy (non-hydrogen) atoms. The molecule has 0 saturated heterocycles. The third-order valence-corrected chi connectivity index (χ3v) is 9.37. The summed E-state index contributed by atoms with van der Waals surface area (Å²) in [5.41, 5.74) is 1.05. The van der Waals surface area contributed by atoms with E-state index >= 15 is 0 Å². The lowest BCUT2D eigenvalue weighted by atomic mass is 9.95. The Hall–Kier alpha value is -4.05. The molecule has 10 heteroatoms. The summed E-state index contributed by atoms with van der Waals surface area (Å²) in [4.78, 5) is 29.0. The van der Waals surface area contributed by atoms with Crippen molar-refractivity contribution in [3.63, 3.8) is 0 Å². The summed E-state index contributed by atoms with van der Waals surface area (Å²) in [6, 6.07) is 21.0. The van der Waals surface area contributed by atoms with Crippen LogP contribution in [0.2, 0.25) is 0 Å². The molecule has 1 N–H and O–H groups in total. The zero-order chi connectivity index (χ0) is 30.1. The predicted octanol–water partition coefficient (Wildman–Crippen LogP) is 4.77. The molecule has 1 aliphatic rings. The Balaban J connectivity index is 1.67. The van der Waals surface area contributed by atoms with Gasteiger partial charge in [-0.25, -0.2) is 8.42 Å². The number of carbonyl (C=O) groups excluding carboxylic acids is 2. The largest absolute Gasteiger partial charge is 0.497 e. The zero-order valence-electron chi connectivity index (χ0n) is 24.4. The van der Waals surface area contributed by atoms with E-state index in [1.165, 1.54) is 24.1 Å². The molecule has 1 saturated carbocycles. The van der Waals surface area contributed by atoms with E-state index < -0.39 is 28.5 Å². The SMILES string of the molecule is COc1ccc(CN(C(=O)CN(c2cccc(OC)c2)S(=O)(=O)c2ccccc2)[C@@H](C)C(=O)NC2CCCCC2)cc1. The number of carbonyl (C=O) groups is 2. The highest BCUT2D eigenvalue weighted by atomic mass is 32.2. The highest BCUT2D eigenvalue weighted by Crippen LogP contribution is 2.28. The van der Waals surface area contributed by atoms with E-state index in [0.29, 0.717) is 11.5 Å². The Morgan fingerprint density at radius 2 is 1.55 bits per heavy atom. The van der Waals surface area contributed by atoms with E-state index in [1.807, 2.05) is 12.1 Å². The predicted molar refractivity (Wildman–Crippen MR) is 162 cm³/mol. The van der Waals surface area contributed by atoms with Crippen molar-refractivity contribution in [2.45, 2.75) is 62.6 Å². The van der Waals surface area contributed by atoms with Gasteiger partial charge in [0.1, 0.15) is 24.1 Å². The third-order valence-electron chi connectivity index (χ3n) is 7.58. The number of sulfonamides is 1. The summed E-state index contributed by atoms with van der Waals surface area (Å²) in [5.74, 6) is 0.337. The monoisotopic (exact) mass is 593 g/mol. The standard InChI is InChI=1S/C32H39N3O6S/c1-24(32(37)33-26-11-6-4-7-12-26)34(22-25-17-19-28(40-2)20-18-25)31(36)23-35(27-13-10-14-29(21-27)41-3)42(38,39)30-15-8-5-9-16-30/h5,8-10,13-21,24,26H,4,6-7,11-12,22-23H2,1-3H3,(H,33,37)/t24-/m0/s1. The number of amides is 2. The quantitative estimate of drug-likeness (QED) is 0.325. The fraction of sp³-hybridized carbons (Fsp3) is 0.375. The number of anilines is 1. The van der Waals surface area contributed by atoms with Gasteiger partial charge in [-0.05, 0) is 61.7 Å². The van der Waals surface area contributed by atoms with Crippen LogP contribution in [0.5, 0.6) is 11.5 Å². The summed E-state index contributed by atoms with van der Waals surface area (Å²) in [5, 5.41) is 3.11. The first-order valence-electron chi connectivity index (χ1n) is 14.2. The number of nitrogens with one attached hydrogen (secondary N) is 1. The maximum atomic E-state index is 14.1. The number of rotatable bonds is 12. The number of methoxy groups -OCH3 is 2. The van der Waals surface area contributed by atoms with Crippen LogP contribution >= 0.6 is 0 Å². The van der Waals surface area contributed by atoms with Gasteiger partial charge in [-0.15, -0.1) is 0 Å². The molecule has 3 aromatic rings. The van der Waals surface area contributed by atoms with Gasteiger partial charge < -0.3 is 19.7 Å². The number of nitrogens with zero attached hydrogens (tertiary/aromatic N) is 2. The highest BCUT2D eigenvalue weighted by molar-refractivity contribution is 7.92. The molecule has 0 aliphatic heterocycles. The molecule has 0 heterocycles. The van der Waals surface area contributed by atoms with Crippen LogP contribution in [0.3, 0.4) is 0 Å². The molecule has 1 atom stereocenters. The second kappa shape index (κ2) is 14.2. The minimum Gasteiger partial charge on any atom is -0.497 e. The topological polar surface area (TPSA) is 105 Å². The first-order chi connectivity index (χ1) is 20.2. The van der Waals surface area contributed by atoms with E-state index in [0.717, 1.165) is 42.0 Å². The Labute approximate surface area is 248 Å². The van der Waals surface area contributed by atoms with Gasteiger partial charge in [-0.3, -0.25) is 13.9 Å². The number of hydrogen-bond donors (Lipinski definition) is 1. The first kappa shape index (κ1) is 30.9. The summed E-state index contributed by atoms with van der Waals surface area (Å²) in [7, 11) is -1.08.